The van der Waals surface area contributed by atoms with Crippen LogP contribution in [-0.2, 0) is 11.8 Å². The molecule has 0 N–H and O–H groups in total. The Morgan fingerprint density at radius 1 is 1.28 bits per heavy atom. The summed E-state index contributed by atoms with van der Waals surface area (Å²) in [5, 5.41) is 0. The second-order valence-corrected chi connectivity index (χ2v) is 3.91. The molecule has 0 bridgehead atoms. The van der Waals surface area contributed by atoms with Crippen LogP contribution in [0.25, 0.3) is 0 Å². The second-order valence-electron chi connectivity index (χ2n) is 3.91. The van der Waals surface area contributed by atoms with Gasteiger partial charge in [-0.15, -0.1) is 0 Å². The first-order chi connectivity index (χ1) is 8.69. The fourth-order valence-corrected chi connectivity index (χ4v) is 1.55. The van der Waals surface area contributed by atoms with Gasteiger partial charge in [0.25, 0.3) is 0 Å². The Balaban J connectivity index is 2.11. The van der Waals surface area contributed by atoms with E-state index in [0.717, 1.165) is 11.3 Å². The van der Waals surface area contributed by atoms with Gasteiger partial charge in [0.15, 0.2) is 0 Å². The fraction of sp³-hybridized carbons (Fsp3) is 0.143. The first kappa shape index (κ1) is 12.1. The predicted molar refractivity (Wildman–Crippen MR) is 70.4 cm³/mol. The third-order valence-corrected chi connectivity index (χ3v) is 2.51. The van der Waals surface area contributed by atoms with Crippen LogP contribution in [-0.4, -0.2) is 23.9 Å². The summed E-state index contributed by atoms with van der Waals surface area (Å²) in [6.07, 6.45) is 5.72. The number of hydrogen-bond acceptors (Lipinski definition) is 3. The molecule has 2 aromatic rings. The number of rotatable bonds is 3. The van der Waals surface area contributed by atoms with Crippen molar-refractivity contribution in [3.8, 4) is 0 Å². The molecule has 0 spiro atoms. The maximum Gasteiger partial charge on any atom is 0.337 e. The molecule has 0 amide bonds. The molecule has 0 atom stereocenters. The van der Waals surface area contributed by atoms with Gasteiger partial charge in [0.05, 0.1) is 18.4 Å². The van der Waals surface area contributed by atoms with Gasteiger partial charge >= 0.3 is 5.97 Å². The van der Waals surface area contributed by atoms with E-state index >= 15 is 0 Å². The zero-order valence-corrected chi connectivity index (χ0v) is 10.3. The Labute approximate surface area is 106 Å². The lowest BCUT2D eigenvalue weighted by atomic mass is 10.2. The predicted octanol–water partition coefficient (Wildman–Crippen LogP) is 2.56. The third-order valence-electron chi connectivity index (χ3n) is 2.51. The van der Waals surface area contributed by atoms with Crippen LogP contribution in [0.1, 0.15) is 15.9 Å². The number of nitrogens with zero attached hydrogens (tertiary/aromatic N) is 2. The fourth-order valence-electron chi connectivity index (χ4n) is 1.55. The van der Waals surface area contributed by atoms with Crippen LogP contribution in [0.4, 0.5) is 5.69 Å². The maximum absolute atomic E-state index is 11.2. The standard InChI is InChI=1S/C14H14N2O2/c1-16-8-7-11(10-16)9-15-13-5-3-12(4-6-13)14(17)18-2/h3-10H,1-2H3. The molecule has 0 fully saturated rings. The molecule has 0 saturated heterocycles. The largest absolute Gasteiger partial charge is 0.465 e. The second kappa shape index (κ2) is 5.31. The molecule has 1 heterocycles. The van der Waals surface area contributed by atoms with Gasteiger partial charge in [0, 0.05) is 31.2 Å². The van der Waals surface area contributed by atoms with Crippen molar-refractivity contribution in [2.75, 3.05) is 7.11 Å². The number of esters is 1. The van der Waals surface area contributed by atoms with E-state index in [2.05, 4.69) is 9.73 Å². The summed E-state index contributed by atoms with van der Waals surface area (Å²) in [5.41, 5.74) is 2.36. The van der Waals surface area contributed by atoms with Gasteiger partial charge in [-0.25, -0.2) is 4.79 Å². The SMILES string of the molecule is COC(=O)c1ccc(N=Cc2ccn(C)c2)cc1. The number of aliphatic imine (C=N–C) groups is 1. The number of ether oxygens (including phenoxy) is 1. The highest BCUT2D eigenvalue weighted by Crippen LogP contribution is 2.13. The van der Waals surface area contributed by atoms with Crippen molar-refractivity contribution in [2.45, 2.75) is 0 Å². The highest BCUT2D eigenvalue weighted by atomic mass is 16.5. The van der Waals surface area contributed by atoms with Gasteiger partial charge < -0.3 is 9.30 Å². The quantitative estimate of drug-likeness (QED) is 0.613. The van der Waals surface area contributed by atoms with E-state index in [0.29, 0.717) is 5.56 Å². The minimum absolute atomic E-state index is 0.339. The van der Waals surface area contributed by atoms with Gasteiger partial charge in [-0.05, 0) is 30.3 Å². The first-order valence-electron chi connectivity index (χ1n) is 5.53. The topological polar surface area (TPSA) is 43.6 Å². The summed E-state index contributed by atoms with van der Waals surface area (Å²) in [6, 6.07) is 8.94. The molecule has 92 valence electrons. The molecule has 0 aliphatic rings. The van der Waals surface area contributed by atoms with Crippen molar-refractivity contribution in [2.24, 2.45) is 12.0 Å². The average molecular weight is 242 g/mol. The van der Waals surface area contributed by atoms with E-state index < -0.39 is 0 Å². The number of benzene rings is 1. The van der Waals surface area contributed by atoms with Crippen LogP contribution < -0.4 is 0 Å². The van der Waals surface area contributed by atoms with Crippen molar-refractivity contribution in [1.29, 1.82) is 0 Å². The Morgan fingerprint density at radius 3 is 2.56 bits per heavy atom. The highest BCUT2D eigenvalue weighted by Gasteiger charge is 2.03. The van der Waals surface area contributed by atoms with Gasteiger partial charge in [-0.1, -0.05) is 0 Å². The van der Waals surface area contributed by atoms with Crippen molar-refractivity contribution in [3.63, 3.8) is 0 Å². The lowest BCUT2D eigenvalue weighted by Crippen LogP contribution is -1.99. The Hall–Kier alpha value is -2.36. The Kier molecular flexibility index (Phi) is 3.57. The number of carbonyl (C=O) groups is 1. The van der Waals surface area contributed by atoms with E-state index in [1.54, 1.807) is 30.5 Å². The number of aromatic nitrogens is 1. The molecule has 0 aliphatic heterocycles. The number of hydrogen-bond donors (Lipinski definition) is 0. The monoisotopic (exact) mass is 242 g/mol. The third kappa shape index (κ3) is 2.85. The van der Waals surface area contributed by atoms with Gasteiger partial charge in [-0.3, -0.25) is 4.99 Å². The molecule has 4 nitrogen and oxygen atoms in total. The zero-order chi connectivity index (χ0) is 13.0. The summed E-state index contributed by atoms with van der Waals surface area (Å²) in [7, 11) is 3.33. The summed E-state index contributed by atoms with van der Waals surface area (Å²) in [6.45, 7) is 0. The first-order valence-corrected chi connectivity index (χ1v) is 5.53. The summed E-state index contributed by atoms with van der Waals surface area (Å²) >= 11 is 0. The minimum Gasteiger partial charge on any atom is -0.465 e. The molecule has 0 unspecified atom stereocenters. The molecule has 4 heteroatoms. The van der Waals surface area contributed by atoms with Gasteiger partial charge in [-0.2, -0.15) is 0 Å². The van der Waals surface area contributed by atoms with Crippen LogP contribution in [0, 0.1) is 0 Å². The van der Waals surface area contributed by atoms with Gasteiger partial charge in [0.1, 0.15) is 0 Å². The minimum atomic E-state index is -0.339. The molecule has 0 radical (unpaired) electrons. The van der Waals surface area contributed by atoms with Crippen LogP contribution in [0.3, 0.4) is 0 Å². The van der Waals surface area contributed by atoms with Crippen molar-refractivity contribution < 1.29 is 9.53 Å². The maximum atomic E-state index is 11.2. The summed E-state index contributed by atoms with van der Waals surface area (Å²) in [4.78, 5) is 15.6. The van der Waals surface area contributed by atoms with Crippen LogP contribution in [0.15, 0.2) is 47.7 Å². The molecule has 1 aromatic heterocycles. The molecule has 18 heavy (non-hydrogen) atoms. The number of methoxy groups -OCH3 is 1. The smallest absolute Gasteiger partial charge is 0.337 e. The molecule has 1 aromatic carbocycles. The Morgan fingerprint density at radius 2 is 2.00 bits per heavy atom. The number of aryl methyl sites for hydroxylation is 1. The molecule has 2 rings (SSSR count). The Bertz CT molecular complexity index is 568. The average Bonchev–Trinajstić information content (AvgIpc) is 2.82. The van der Waals surface area contributed by atoms with Crippen molar-refractivity contribution in [1.82, 2.24) is 4.57 Å². The van der Waals surface area contributed by atoms with Crippen LogP contribution in [0.5, 0.6) is 0 Å². The summed E-state index contributed by atoms with van der Waals surface area (Å²) in [5.74, 6) is -0.339. The van der Waals surface area contributed by atoms with E-state index in [4.69, 9.17) is 0 Å². The number of carbonyl (C=O) groups excluding carboxylic acids is 1. The molecule has 0 saturated carbocycles. The normalized spacial score (nSPS) is 10.8. The molecule has 0 aliphatic carbocycles. The van der Waals surface area contributed by atoms with E-state index in [1.807, 2.05) is 30.1 Å². The lowest BCUT2D eigenvalue weighted by molar-refractivity contribution is 0.0601. The summed E-state index contributed by atoms with van der Waals surface area (Å²) < 4.78 is 6.59. The van der Waals surface area contributed by atoms with E-state index in [1.165, 1.54) is 7.11 Å². The lowest BCUT2D eigenvalue weighted by Gasteiger charge is -1.98. The van der Waals surface area contributed by atoms with E-state index in [9.17, 15) is 4.79 Å². The zero-order valence-electron chi connectivity index (χ0n) is 10.3. The van der Waals surface area contributed by atoms with Crippen molar-refractivity contribution >= 4 is 17.9 Å². The van der Waals surface area contributed by atoms with Gasteiger partial charge in [0.2, 0.25) is 0 Å². The highest BCUT2D eigenvalue weighted by molar-refractivity contribution is 5.89. The van der Waals surface area contributed by atoms with Crippen LogP contribution in [0.2, 0.25) is 0 Å². The van der Waals surface area contributed by atoms with E-state index in [-0.39, 0.29) is 5.97 Å². The van der Waals surface area contributed by atoms with Crippen molar-refractivity contribution in [3.05, 3.63) is 53.9 Å². The van der Waals surface area contributed by atoms with Crippen LogP contribution >= 0.6 is 0 Å². The molecular formula is C14H14N2O2. The molecular weight excluding hydrogens is 228 g/mol.